The SMILES string of the molecule is CNCc1ccccc1OCC1CN(CC(C)C)CCO1. The number of ether oxygens (including phenoxy) is 2. The molecule has 0 radical (unpaired) electrons. The first-order valence-corrected chi connectivity index (χ1v) is 7.88. The van der Waals surface area contributed by atoms with Crippen LogP contribution < -0.4 is 10.1 Å². The number of benzene rings is 1. The van der Waals surface area contributed by atoms with Gasteiger partial charge in [-0.1, -0.05) is 32.0 Å². The van der Waals surface area contributed by atoms with Gasteiger partial charge in [0.1, 0.15) is 18.5 Å². The zero-order chi connectivity index (χ0) is 15.1. The maximum Gasteiger partial charge on any atom is 0.123 e. The third-order valence-corrected chi connectivity index (χ3v) is 3.61. The zero-order valence-corrected chi connectivity index (χ0v) is 13.5. The van der Waals surface area contributed by atoms with Crippen molar-refractivity contribution < 1.29 is 9.47 Å². The number of nitrogens with zero attached hydrogens (tertiary/aromatic N) is 1. The van der Waals surface area contributed by atoms with Crippen LogP contribution in [-0.2, 0) is 11.3 Å². The maximum absolute atomic E-state index is 5.99. The largest absolute Gasteiger partial charge is 0.490 e. The normalized spacial score (nSPS) is 19.9. The lowest BCUT2D eigenvalue weighted by Crippen LogP contribution is -2.46. The summed E-state index contributed by atoms with van der Waals surface area (Å²) in [5.74, 6) is 1.65. The van der Waals surface area contributed by atoms with Gasteiger partial charge in [0.2, 0.25) is 0 Å². The molecule has 118 valence electrons. The molecule has 2 rings (SSSR count). The molecule has 1 heterocycles. The molecule has 1 aliphatic heterocycles. The third-order valence-electron chi connectivity index (χ3n) is 3.61. The van der Waals surface area contributed by atoms with Gasteiger partial charge in [-0.05, 0) is 19.0 Å². The molecule has 4 nitrogen and oxygen atoms in total. The fourth-order valence-electron chi connectivity index (χ4n) is 2.73. The number of para-hydroxylation sites is 1. The van der Waals surface area contributed by atoms with E-state index in [9.17, 15) is 0 Å². The smallest absolute Gasteiger partial charge is 0.123 e. The molecule has 1 aromatic rings. The van der Waals surface area contributed by atoms with Crippen molar-refractivity contribution in [3.8, 4) is 5.75 Å². The highest BCUT2D eigenvalue weighted by Gasteiger charge is 2.21. The van der Waals surface area contributed by atoms with Crippen LogP contribution in [0, 0.1) is 5.92 Å². The summed E-state index contributed by atoms with van der Waals surface area (Å²) in [6.45, 7) is 9.90. The standard InChI is InChI=1S/C17H28N2O2/c1-14(2)11-19-8-9-20-16(12-19)13-21-17-7-5-4-6-15(17)10-18-3/h4-7,14,16,18H,8-13H2,1-3H3. The summed E-state index contributed by atoms with van der Waals surface area (Å²) in [6.07, 6.45) is 0.167. The van der Waals surface area contributed by atoms with Crippen LogP contribution in [0.3, 0.4) is 0 Å². The topological polar surface area (TPSA) is 33.7 Å². The number of rotatable bonds is 7. The van der Waals surface area contributed by atoms with Crippen molar-refractivity contribution in [3.05, 3.63) is 29.8 Å². The van der Waals surface area contributed by atoms with Crippen molar-refractivity contribution in [2.24, 2.45) is 5.92 Å². The predicted molar refractivity (Wildman–Crippen MR) is 85.7 cm³/mol. The Morgan fingerprint density at radius 3 is 2.95 bits per heavy atom. The minimum atomic E-state index is 0.167. The van der Waals surface area contributed by atoms with Crippen LogP contribution in [0.25, 0.3) is 0 Å². The van der Waals surface area contributed by atoms with Gasteiger partial charge in [0.25, 0.3) is 0 Å². The average molecular weight is 292 g/mol. The first kappa shape index (κ1) is 16.3. The van der Waals surface area contributed by atoms with Gasteiger partial charge in [-0.15, -0.1) is 0 Å². The predicted octanol–water partition coefficient (Wildman–Crippen LogP) is 2.14. The Morgan fingerprint density at radius 2 is 2.19 bits per heavy atom. The molecule has 1 atom stereocenters. The second-order valence-electron chi connectivity index (χ2n) is 6.10. The molecule has 4 heteroatoms. The minimum Gasteiger partial charge on any atom is -0.490 e. The summed E-state index contributed by atoms with van der Waals surface area (Å²) in [5, 5.41) is 3.17. The van der Waals surface area contributed by atoms with Crippen molar-refractivity contribution in [1.82, 2.24) is 10.2 Å². The van der Waals surface area contributed by atoms with E-state index in [0.717, 1.165) is 38.5 Å². The van der Waals surface area contributed by atoms with Gasteiger partial charge >= 0.3 is 0 Å². The Balaban J connectivity index is 1.85. The first-order chi connectivity index (χ1) is 10.2. The summed E-state index contributed by atoms with van der Waals surface area (Å²) >= 11 is 0. The Morgan fingerprint density at radius 1 is 1.38 bits per heavy atom. The number of hydrogen-bond acceptors (Lipinski definition) is 4. The van der Waals surface area contributed by atoms with Crippen molar-refractivity contribution in [1.29, 1.82) is 0 Å². The van der Waals surface area contributed by atoms with Crippen LogP contribution in [0.1, 0.15) is 19.4 Å². The summed E-state index contributed by atoms with van der Waals surface area (Å²) in [7, 11) is 1.95. The molecule has 1 unspecified atom stereocenters. The average Bonchev–Trinajstić information content (AvgIpc) is 2.46. The molecule has 1 N–H and O–H groups in total. The Kier molecular flexibility index (Phi) is 6.49. The van der Waals surface area contributed by atoms with Crippen molar-refractivity contribution >= 4 is 0 Å². The molecular weight excluding hydrogens is 264 g/mol. The van der Waals surface area contributed by atoms with E-state index in [1.807, 2.05) is 25.2 Å². The van der Waals surface area contributed by atoms with Crippen LogP contribution in [0.15, 0.2) is 24.3 Å². The lowest BCUT2D eigenvalue weighted by molar-refractivity contribution is -0.0506. The second kappa shape index (κ2) is 8.37. The molecule has 0 aliphatic carbocycles. The van der Waals surface area contributed by atoms with E-state index in [0.29, 0.717) is 12.5 Å². The van der Waals surface area contributed by atoms with E-state index in [4.69, 9.17) is 9.47 Å². The molecule has 1 aromatic carbocycles. The van der Waals surface area contributed by atoms with Gasteiger partial charge in [0.05, 0.1) is 6.61 Å². The molecule has 0 saturated carbocycles. The van der Waals surface area contributed by atoms with E-state index >= 15 is 0 Å². The summed E-state index contributed by atoms with van der Waals surface area (Å²) in [4.78, 5) is 2.47. The van der Waals surface area contributed by atoms with E-state index in [2.05, 4.69) is 30.1 Å². The zero-order valence-electron chi connectivity index (χ0n) is 13.5. The highest BCUT2D eigenvalue weighted by atomic mass is 16.5. The quantitative estimate of drug-likeness (QED) is 0.835. The lowest BCUT2D eigenvalue weighted by Gasteiger charge is -2.33. The van der Waals surface area contributed by atoms with Crippen molar-refractivity contribution in [2.75, 3.05) is 39.9 Å². The van der Waals surface area contributed by atoms with Gasteiger partial charge in [-0.25, -0.2) is 0 Å². The summed E-state index contributed by atoms with van der Waals surface area (Å²) in [6, 6.07) is 8.18. The highest BCUT2D eigenvalue weighted by Crippen LogP contribution is 2.18. The number of nitrogens with one attached hydrogen (secondary N) is 1. The van der Waals surface area contributed by atoms with Crippen LogP contribution >= 0.6 is 0 Å². The van der Waals surface area contributed by atoms with Gasteiger partial charge < -0.3 is 14.8 Å². The van der Waals surface area contributed by atoms with Gasteiger partial charge in [-0.2, -0.15) is 0 Å². The van der Waals surface area contributed by atoms with Crippen LogP contribution in [-0.4, -0.2) is 50.9 Å². The van der Waals surface area contributed by atoms with E-state index < -0.39 is 0 Å². The van der Waals surface area contributed by atoms with Gasteiger partial charge in [-0.3, -0.25) is 4.90 Å². The number of morpholine rings is 1. The van der Waals surface area contributed by atoms with Crippen LogP contribution in [0.5, 0.6) is 5.75 Å². The van der Waals surface area contributed by atoms with Crippen molar-refractivity contribution in [3.63, 3.8) is 0 Å². The molecule has 1 fully saturated rings. The van der Waals surface area contributed by atoms with Crippen LogP contribution in [0.4, 0.5) is 0 Å². The Labute approximate surface area is 128 Å². The first-order valence-electron chi connectivity index (χ1n) is 7.88. The van der Waals surface area contributed by atoms with Gasteiger partial charge in [0.15, 0.2) is 0 Å². The molecule has 0 amide bonds. The second-order valence-corrected chi connectivity index (χ2v) is 6.10. The van der Waals surface area contributed by atoms with E-state index in [1.54, 1.807) is 0 Å². The minimum absolute atomic E-state index is 0.167. The summed E-state index contributed by atoms with van der Waals surface area (Å²) in [5.41, 5.74) is 1.19. The lowest BCUT2D eigenvalue weighted by atomic mass is 10.2. The molecule has 0 spiro atoms. The Bertz CT molecular complexity index is 423. The number of hydrogen-bond donors (Lipinski definition) is 1. The fourth-order valence-corrected chi connectivity index (χ4v) is 2.73. The fraction of sp³-hybridized carbons (Fsp3) is 0.647. The molecule has 0 aromatic heterocycles. The van der Waals surface area contributed by atoms with E-state index in [-0.39, 0.29) is 6.10 Å². The molecule has 1 saturated heterocycles. The molecule has 1 aliphatic rings. The molecule has 0 bridgehead atoms. The monoisotopic (exact) mass is 292 g/mol. The van der Waals surface area contributed by atoms with Gasteiger partial charge in [0, 0.05) is 31.7 Å². The summed E-state index contributed by atoms with van der Waals surface area (Å²) < 4.78 is 11.8. The van der Waals surface area contributed by atoms with Crippen LogP contribution in [0.2, 0.25) is 0 Å². The molecular formula is C17H28N2O2. The highest BCUT2D eigenvalue weighted by molar-refractivity contribution is 5.33. The maximum atomic E-state index is 5.99. The Hall–Kier alpha value is -1.10. The van der Waals surface area contributed by atoms with Crippen molar-refractivity contribution in [2.45, 2.75) is 26.5 Å². The third kappa shape index (κ3) is 5.30. The molecule has 21 heavy (non-hydrogen) atoms. The van der Waals surface area contributed by atoms with E-state index in [1.165, 1.54) is 5.56 Å².